The van der Waals surface area contributed by atoms with E-state index >= 15 is 0 Å². The van der Waals surface area contributed by atoms with Gasteiger partial charge in [0.25, 0.3) is 0 Å². The zero-order valence-electron chi connectivity index (χ0n) is 16.2. The maximum atomic E-state index is 2.42. The van der Waals surface area contributed by atoms with E-state index in [1.807, 2.05) is 0 Å². The van der Waals surface area contributed by atoms with Crippen molar-refractivity contribution in [2.24, 2.45) is 0 Å². The molecule has 0 heteroatoms. The molecule has 5 aromatic rings. The molecule has 136 valence electrons. The largest absolute Gasteiger partial charge is 0.0616 e. The van der Waals surface area contributed by atoms with E-state index in [4.69, 9.17) is 0 Å². The Labute approximate surface area is 170 Å². The van der Waals surface area contributed by atoms with E-state index in [1.165, 1.54) is 60.5 Å². The van der Waals surface area contributed by atoms with Crippen molar-refractivity contribution in [3.05, 3.63) is 118 Å². The molecule has 2 aliphatic rings. The van der Waals surface area contributed by atoms with Crippen LogP contribution in [0.25, 0.3) is 32.7 Å². The lowest BCUT2D eigenvalue weighted by Gasteiger charge is -2.24. The molecule has 2 aliphatic carbocycles. The van der Waals surface area contributed by atoms with Gasteiger partial charge in [0.15, 0.2) is 0 Å². The summed E-state index contributed by atoms with van der Waals surface area (Å²) in [5.41, 5.74) is 12.0. The van der Waals surface area contributed by atoms with Gasteiger partial charge < -0.3 is 0 Å². The van der Waals surface area contributed by atoms with Crippen molar-refractivity contribution in [3.63, 3.8) is 0 Å². The van der Waals surface area contributed by atoms with E-state index in [-0.39, 0.29) is 0 Å². The van der Waals surface area contributed by atoms with Gasteiger partial charge in [-0.3, -0.25) is 0 Å². The fourth-order valence-corrected chi connectivity index (χ4v) is 5.59. The molecule has 0 saturated carbocycles. The molecular weight excluding hydrogens is 348 g/mol. The smallest absolute Gasteiger partial charge is 0.00131 e. The summed E-state index contributed by atoms with van der Waals surface area (Å²) in [6, 6.07) is 31.8. The van der Waals surface area contributed by atoms with Gasteiger partial charge in [0.05, 0.1) is 0 Å². The van der Waals surface area contributed by atoms with Crippen LogP contribution < -0.4 is 0 Å². The Morgan fingerprint density at radius 1 is 0.414 bits per heavy atom. The van der Waals surface area contributed by atoms with Gasteiger partial charge in [-0.25, -0.2) is 0 Å². The van der Waals surface area contributed by atoms with Gasteiger partial charge in [0.1, 0.15) is 0 Å². The highest BCUT2D eigenvalue weighted by molar-refractivity contribution is 6.02. The minimum absolute atomic E-state index is 1.04. The Balaban J connectivity index is 1.48. The standard InChI is InChI=1S/C29H20/c1-2-7-20-14-25-17-27-21(15-24(25)13-19(20)6-1)10-12-23-16-22-11-9-18-5-3-4-8-26(18)28(22)29(23)27/h1-14H,15-17H2. The van der Waals surface area contributed by atoms with Gasteiger partial charge in [-0.05, 0) is 85.3 Å². The summed E-state index contributed by atoms with van der Waals surface area (Å²) in [5, 5.41) is 5.46. The highest BCUT2D eigenvalue weighted by Crippen LogP contribution is 2.46. The lowest BCUT2D eigenvalue weighted by atomic mass is 9.80. The monoisotopic (exact) mass is 368 g/mol. The highest BCUT2D eigenvalue weighted by atomic mass is 14.3. The SMILES string of the molecule is c1ccc2cc3c(cc2c1)Cc1ccc2c(c1C3)-c1c(ccc3ccccc13)C2. The van der Waals surface area contributed by atoms with Gasteiger partial charge in [0, 0.05) is 0 Å². The summed E-state index contributed by atoms with van der Waals surface area (Å²) in [6.07, 6.45) is 3.15. The molecule has 0 aliphatic heterocycles. The summed E-state index contributed by atoms with van der Waals surface area (Å²) in [4.78, 5) is 0. The minimum Gasteiger partial charge on any atom is -0.0616 e. The van der Waals surface area contributed by atoms with Crippen molar-refractivity contribution in [1.82, 2.24) is 0 Å². The van der Waals surface area contributed by atoms with Crippen molar-refractivity contribution < 1.29 is 0 Å². The molecule has 0 amide bonds. The highest BCUT2D eigenvalue weighted by Gasteiger charge is 2.27. The second-order valence-electron chi connectivity index (χ2n) is 8.56. The number of fused-ring (bicyclic) bond motifs is 9. The first-order chi connectivity index (χ1) is 14.3. The lowest BCUT2D eigenvalue weighted by Crippen LogP contribution is -2.09. The second-order valence-corrected chi connectivity index (χ2v) is 8.56. The van der Waals surface area contributed by atoms with Gasteiger partial charge in [-0.2, -0.15) is 0 Å². The van der Waals surface area contributed by atoms with Gasteiger partial charge in [-0.15, -0.1) is 0 Å². The van der Waals surface area contributed by atoms with E-state index < -0.39 is 0 Å². The van der Waals surface area contributed by atoms with E-state index in [9.17, 15) is 0 Å². The summed E-state index contributed by atoms with van der Waals surface area (Å²) < 4.78 is 0. The Kier molecular flexibility index (Phi) is 2.99. The van der Waals surface area contributed by atoms with Crippen molar-refractivity contribution in [1.29, 1.82) is 0 Å². The zero-order valence-corrected chi connectivity index (χ0v) is 16.2. The molecule has 0 N–H and O–H groups in total. The molecule has 0 atom stereocenters. The van der Waals surface area contributed by atoms with Gasteiger partial charge >= 0.3 is 0 Å². The lowest BCUT2D eigenvalue weighted by molar-refractivity contribution is 1.01. The second kappa shape index (κ2) is 5.58. The molecular formula is C29H20. The molecule has 0 aromatic heterocycles. The number of rotatable bonds is 0. The van der Waals surface area contributed by atoms with Crippen LogP contribution in [0, 0.1) is 0 Å². The van der Waals surface area contributed by atoms with Crippen molar-refractivity contribution in [2.45, 2.75) is 19.3 Å². The zero-order chi connectivity index (χ0) is 18.9. The number of benzene rings is 5. The van der Waals surface area contributed by atoms with Crippen molar-refractivity contribution >= 4 is 21.5 Å². The summed E-state index contributed by atoms with van der Waals surface area (Å²) in [5.74, 6) is 0. The molecule has 0 nitrogen and oxygen atoms in total. The molecule has 5 aromatic carbocycles. The van der Waals surface area contributed by atoms with E-state index in [0.717, 1.165) is 19.3 Å². The van der Waals surface area contributed by atoms with Crippen LogP contribution in [0.3, 0.4) is 0 Å². The molecule has 0 saturated heterocycles. The topological polar surface area (TPSA) is 0 Å². The third-order valence-electron chi connectivity index (χ3n) is 6.96. The number of hydrogen-bond acceptors (Lipinski definition) is 0. The predicted molar refractivity (Wildman–Crippen MR) is 122 cm³/mol. The maximum Gasteiger partial charge on any atom is -0.00131 e. The van der Waals surface area contributed by atoms with Crippen LogP contribution in [0.2, 0.25) is 0 Å². The quantitative estimate of drug-likeness (QED) is 0.269. The fourth-order valence-electron chi connectivity index (χ4n) is 5.59. The van der Waals surface area contributed by atoms with Crippen LogP contribution in [0.1, 0.15) is 33.4 Å². The Bertz CT molecular complexity index is 1470. The van der Waals surface area contributed by atoms with Crippen LogP contribution in [0.5, 0.6) is 0 Å². The van der Waals surface area contributed by atoms with Crippen LogP contribution >= 0.6 is 0 Å². The molecule has 0 spiro atoms. The minimum atomic E-state index is 1.04. The first kappa shape index (κ1) is 15.5. The summed E-state index contributed by atoms with van der Waals surface area (Å²) in [7, 11) is 0. The van der Waals surface area contributed by atoms with Gasteiger partial charge in [-0.1, -0.05) is 84.9 Å². The fraction of sp³-hybridized carbons (Fsp3) is 0.103. The first-order valence-corrected chi connectivity index (χ1v) is 10.5. The normalized spacial score (nSPS) is 13.8. The van der Waals surface area contributed by atoms with E-state index in [2.05, 4.69) is 84.9 Å². The summed E-state index contributed by atoms with van der Waals surface area (Å²) in [6.45, 7) is 0. The van der Waals surface area contributed by atoms with Crippen molar-refractivity contribution in [2.75, 3.05) is 0 Å². The van der Waals surface area contributed by atoms with Crippen LogP contribution in [-0.2, 0) is 19.3 Å². The van der Waals surface area contributed by atoms with Crippen LogP contribution in [0.4, 0.5) is 0 Å². The Morgan fingerprint density at radius 2 is 1.00 bits per heavy atom. The average molecular weight is 368 g/mol. The van der Waals surface area contributed by atoms with Gasteiger partial charge in [0.2, 0.25) is 0 Å². The van der Waals surface area contributed by atoms with E-state index in [0.29, 0.717) is 0 Å². The third-order valence-corrected chi connectivity index (χ3v) is 6.96. The summed E-state index contributed by atoms with van der Waals surface area (Å²) >= 11 is 0. The number of hydrogen-bond donors (Lipinski definition) is 0. The first-order valence-electron chi connectivity index (χ1n) is 10.5. The van der Waals surface area contributed by atoms with Crippen molar-refractivity contribution in [3.8, 4) is 11.1 Å². The Morgan fingerprint density at radius 3 is 1.83 bits per heavy atom. The molecule has 0 bridgehead atoms. The molecule has 0 unspecified atom stereocenters. The average Bonchev–Trinajstić information content (AvgIpc) is 3.16. The molecule has 29 heavy (non-hydrogen) atoms. The molecule has 0 radical (unpaired) electrons. The Hall–Kier alpha value is -3.38. The third kappa shape index (κ3) is 2.15. The van der Waals surface area contributed by atoms with E-state index in [1.54, 1.807) is 5.56 Å². The van der Waals surface area contributed by atoms with Crippen LogP contribution in [-0.4, -0.2) is 0 Å². The maximum absolute atomic E-state index is 2.42. The molecule has 0 fully saturated rings. The predicted octanol–water partition coefficient (Wildman–Crippen LogP) is 7.06. The van der Waals surface area contributed by atoms with Crippen LogP contribution in [0.15, 0.2) is 84.9 Å². The molecule has 7 rings (SSSR count). The molecule has 0 heterocycles.